The number of rotatable bonds is 4. The van der Waals surface area contributed by atoms with Crippen LogP contribution in [-0.4, -0.2) is 47.6 Å². The standard InChI is InChI=1S/C16H25BN2O4/c1-15(2)16(3,4)23-17(22-15)12-9-18-14(19-10-12)21-11-13-7-5-6-8-20-13/h9-10,13H,5-8,11H2,1-4H3. The second-order valence-electron chi connectivity index (χ2n) is 7.19. The van der Waals surface area contributed by atoms with Crippen LogP contribution in [0.3, 0.4) is 0 Å². The van der Waals surface area contributed by atoms with Crippen LogP contribution in [0.15, 0.2) is 12.4 Å². The van der Waals surface area contributed by atoms with Crippen LogP contribution in [0.5, 0.6) is 6.01 Å². The van der Waals surface area contributed by atoms with Crippen LogP contribution >= 0.6 is 0 Å². The van der Waals surface area contributed by atoms with Gasteiger partial charge >= 0.3 is 13.1 Å². The van der Waals surface area contributed by atoms with Gasteiger partial charge in [0.1, 0.15) is 6.61 Å². The van der Waals surface area contributed by atoms with Gasteiger partial charge in [-0.1, -0.05) is 0 Å². The van der Waals surface area contributed by atoms with Gasteiger partial charge in [-0.15, -0.1) is 0 Å². The molecule has 6 nitrogen and oxygen atoms in total. The summed E-state index contributed by atoms with van der Waals surface area (Å²) >= 11 is 0. The number of hydrogen-bond acceptors (Lipinski definition) is 6. The van der Waals surface area contributed by atoms with Gasteiger partial charge in [-0.3, -0.25) is 0 Å². The van der Waals surface area contributed by atoms with E-state index in [-0.39, 0.29) is 17.3 Å². The minimum atomic E-state index is -0.448. The fourth-order valence-corrected chi connectivity index (χ4v) is 2.61. The van der Waals surface area contributed by atoms with E-state index in [2.05, 4.69) is 9.97 Å². The van der Waals surface area contributed by atoms with E-state index in [1.165, 1.54) is 6.42 Å². The third-order valence-electron chi connectivity index (χ3n) is 4.85. The normalized spacial score (nSPS) is 26.3. The van der Waals surface area contributed by atoms with Gasteiger partial charge in [0.05, 0.1) is 17.3 Å². The van der Waals surface area contributed by atoms with Gasteiger partial charge in [0, 0.05) is 24.5 Å². The number of nitrogens with zero attached hydrogens (tertiary/aromatic N) is 2. The molecule has 0 aromatic carbocycles. The lowest BCUT2D eigenvalue weighted by Crippen LogP contribution is -2.41. The molecular weight excluding hydrogens is 295 g/mol. The van der Waals surface area contributed by atoms with Crippen molar-refractivity contribution in [1.29, 1.82) is 0 Å². The Labute approximate surface area is 138 Å². The zero-order valence-corrected chi connectivity index (χ0v) is 14.4. The smallest absolute Gasteiger partial charge is 0.461 e. The van der Waals surface area contributed by atoms with E-state index in [9.17, 15) is 0 Å². The second kappa shape index (κ2) is 6.38. The molecule has 2 aliphatic rings. The average molecular weight is 320 g/mol. The monoisotopic (exact) mass is 320 g/mol. The molecule has 3 heterocycles. The first kappa shape index (κ1) is 16.7. The van der Waals surface area contributed by atoms with E-state index in [4.69, 9.17) is 18.8 Å². The molecule has 0 aliphatic carbocycles. The Morgan fingerprint density at radius 3 is 2.35 bits per heavy atom. The van der Waals surface area contributed by atoms with Crippen molar-refractivity contribution in [2.45, 2.75) is 64.3 Å². The summed E-state index contributed by atoms with van der Waals surface area (Å²) in [6, 6.07) is 0.361. The quantitative estimate of drug-likeness (QED) is 0.787. The van der Waals surface area contributed by atoms with E-state index in [0.717, 1.165) is 24.9 Å². The lowest BCUT2D eigenvalue weighted by atomic mass is 9.81. The van der Waals surface area contributed by atoms with Crippen molar-refractivity contribution in [3.63, 3.8) is 0 Å². The fourth-order valence-electron chi connectivity index (χ4n) is 2.61. The van der Waals surface area contributed by atoms with Crippen LogP contribution in [0.2, 0.25) is 0 Å². The minimum Gasteiger partial charge on any atom is -0.461 e. The molecule has 3 rings (SSSR count). The highest BCUT2D eigenvalue weighted by atomic mass is 16.7. The summed E-state index contributed by atoms with van der Waals surface area (Å²) in [5.74, 6) is 0. The van der Waals surface area contributed by atoms with E-state index in [0.29, 0.717) is 12.6 Å². The predicted octanol–water partition coefficient (Wildman–Crippen LogP) is 1.72. The van der Waals surface area contributed by atoms with Crippen LogP contribution in [0.1, 0.15) is 47.0 Å². The molecule has 1 aromatic rings. The van der Waals surface area contributed by atoms with Crippen molar-refractivity contribution >= 4 is 12.6 Å². The highest BCUT2D eigenvalue weighted by molar-refractivity contribution is 6.61. The van der Waals surface area contributed by atoms with Crippen molar-refractivity contribution in [3.05, 3.63) is 12.4 Å². The Kier molecular flexibility index (Phi) is 4.62. The van der Waals surface area contributed by atoms with Gasteiger partial charge in [-0.2, -0.15) is 0 Å². The van der Waals surface area contributed by atoms with Crippen LogP contribution in [0.4, 0.5) is 0 Å². The van der Waals surface area contributed by atoms with Crippen LogP contribution in [-0.2, 0) is 14.0 Å². The Balaban J connectivity index is 1.57. The molecule has 1 unspecified atom stereocenters. The van der Waals surface area contributed by atoms with Crippen LogP contribution < -0.4 is 10.2 Å². The Bertz CT molecular complexity index is 513. The van der Waals surface area contributed by atoms with Crippen molar-refractivity contribution < 1.29 is 18.8 Å². The van der Waals surface area contributed by atoms with Gasteiger partial charge in [0.25, 0.3) is 0 Å². The molecular formula is C16H25BN2O4. The summed E-state index contributed by atoms with van der Waals surface area (Å²) in [5.41, 5.74) is 0.0565. The number of aromatic nitrogens is 2. The van der Waals surface area contributed by atoms with E-state index in [1.54, 1.807) is 12.4 Å². The summed E-state index contributed by atoms with van der Waals surface area (Å²) in [6.07, 6.45) is 6.91. The fraction of sp³-hybridized carbons (Fsp3) is 0.750. The molecule has 0 N–H and O–H groups in total. The first-order valence-corrected chi connectivity index (χ1v) is 8.29. The molecule has 0 spiro atoms. The second-order valence-corrected chi connectivity index (χ2v) is 7.19. The van der Waals surface area contributed by atoms with Gasteiger partial charge in [-0.05, 0) is 47.0 Å². The molecule has 2 aliphatic heterocycles. The number of hydrogen-bond donors (Lipinski definition) is 0. The molecule has 2 saturated heterocycles. The number of ether oxygens (including phenoxy) is 2. The maximum atomic E-state index is 5.98. The molecule has 0 saturated carbocycles. The third-order valence-corrected chi connectivity index (χ3v) is 4.85. The highest BCUT2D eigenvalue weighted by Gasteiger charge is 2.51. The topological polar surface area (TPSA) is 62.7 Å². The molecule has 7 heteroatoms. The Hall–Kier alpha value is -1.18. The molecule has 1 aromatic heterocycles. The molecule has 0 radical (unpaired) electrons. The van der Waals surface area contributed by atoms with Gasteiger partial charge in [0.2, 0.25) is 0 Å². The van der Waals surface area contributed by atoms with Crippen LogP contribution in [0, 0.1) is 0 Å². The summed E-state index contributed by atoms with van der Waals surface area (Å²) in [6.45, 7) is 9.40. The van der Waals surface area contributed by atoms with Crippen molar-refractivity contribution in [2.75, 3.05) is 13.2 Å². The maximum Gasteiger partial charge on any atom is 0.498 e. The lowest BCUT2D eigenvalue weighted by Gasteiger charge is -2.32. The summed E-state index contributed by atoms with van der Waals surface area (Å²) in [4.78, 5) is 8.51. The maximum absolute atomic E-state index is 5.98. The molecule has 0 bridgehead atoms. The van der Waals surface area contributed by atoms with E-state index in [1.807, 2.05) is 27.7 Å². The predicted molar refractivity (Wildman–Crippen MR) is 86.8 cm³/mol. The minimum absolute atomic E-state index is 0.148. The van der Waals surface area contributed by atoms with Gasteiger partial charge < -0.3 is 18.8 Å². The molecule has 1 atom stereocenters. The SMILES string of the molecule is CC1(C)OB(c2cnc(OCC3CCCCO3)nc2)OC1(C)C. The highest BCUT2D eigenvalue weighted by Crippen LogP contribution is 2.36. The summed E-state index contributed by atoms with van der Waals surface area (Å²) < 4.78 is 23.2. The largest absolute Gasteiger partial charge is 0.498 e. The molecule has 2 fully saturated rings. The van der Waals surface area contributed by atoms with E-state index < -0.39 is 7.12 Å². The summed E-state index contributed by atoms with van der Waals surface area (Å²) in [7, 11) is -0.448. The third kappa shape index (κ3) is 3.67. The van der Waals surface area contributed by atoms with Gasteiger partial charge in [0.15, 0.2) is 0 Å². The Morgan fingerprint density at radius 2 is 1.78 bits per heavy atom. The zero-order valence-electron chi connectivity index (χ0n) is 14.4. The van der Waals surface area contributed by atoms with Crippen molar-refractivity contribution in [1.82, 2.24) is 9.97 Å². The lowest BCUT2D eigenvalue weighted by molar-refractivity contribution is -0.0129. The van der Waals surface area contributed by atoms with E-state index >= 15 is 0 Å². The summed E-state index contributed by atoms with van der Waals surface area (Å²) in [5, 5.41) is 0. The van der Waals surface area contributed by atoms with Crippen molar-refractivity contribution in [3.8, 4) is 6.01 Å². The van der Waals surface area contributed by atoms with Gasteiger partial charge in [-0.25, -0.2) is 9.97 Å². The molecule has 23 heavy (non-hydrogen) atoms. The molecule has 126 valence electrons. The average Bonchev–Trinajstić information content (AvgIpc) is 2.75. The first-order valence-electron chi connectivity index (χ1n) is 8.29. The zero-order chi connectivity index (χ0) is 16.5. The van der Waals surface area contributed by atoms with Crippen molar-refractivity contribution in [2.24, 2.45) is 0 Å². The van der Waals surface area contributed by atoms with Crippen LogP contribution in [0.25, 0.3) is 0 Å². The molecule has 0 amide bonds. The Morgan fingerprint density at radius 1 is 1.13 bits per heavy atom. The first-order chi connectivity index (χ1) is 10.9.